The van der Waals surface area contributed by atoms with Gasteiger partial charge in [0.2, 0.25) is 0 Å². The second-order valence-corrected chi connectivity index (χ2v) is 12.4. The number of benzene rings is 4. The highest BCUT2D eigenvalue weighted by Gasteiger charge is 2.17. The molecule has 10 rings (SSSR count). The van der Waals surface area contributed by atoms with Gasteiger partial charge in [-0.3, -0.25) is 14.1 Å². The van der Waals surface area contributed by atoms with Crippen molar-refractivity contribution in [3.8, 4) is 45.1 Å². The van der Waals surface area contributed by atoms with Gasteiger partial charge in [-0.25, -0.2) is 15.0 Å². The lowest BCUT2D eigenvalue weighted by molar-refractivity contribution is 1.13. The quantitative estimate of drug-likeness (QED) is 0.188. The normalized spacial score (nSPS) is 11.6. The van der Waals surface area contributed by atoms with Crippen molar-refractivity contribution in [2.24, 2.45) is 0 Å². The Morgan fingerprint density at radius 3 is 1.52 bits per heavy atom. The van der Waals surface area contributed by atoms with E-state index in [1.165, 1.54) is 10.8 Å². The zero-order valence-corrected chi connectivity index (χ0v) is 26.8. The van der Waals surface area contributed by atoms with Gasteiger partial charge in [0.25, 0.3) is 0 Å². The minimum Gasteiger partial charge on any atom is -0.294 e. The number of pyridine rings is 4. The summed E-state index contributed by atoms with van der Waals surface area (Å²) in [7, 11) is 0. The van der Waals surface area contributed by atoms with E-state index in [1.54, 1.807) is 0 Å². The highest BCUT2D eigenvalue weighted by molar-refractivity contribution is 6.08. The maximum Gasteiger partial charge on any atom is 0.145 e. The summed E-state index contributed by atoms with van der Waals surface area (Å²) < 4.78 is 4.49. The fraction of sp³-hybridized carbons (Fsp3) is 0. The van der Waals surface area contributed by atoms with Crippen LogP contribution in [0.5, 0.6) is 0 Å². The molecule has 0 aliphatic carbocycles. The molecular formula is C44H28N6. The SMILES string of the molecule is c1ccc(-c2cc(-c3cccc(-n4c5ccccc5c5cccnc54)c3)cc(-c3cccc(-n4c5ccccc5c5cccnc54)c3)n2)nc1. The van der Waals surface area contributed by atoms with Crippen molar-refractivity contribution >= 4 is 43.9 Å². The average molecular weight is 641 g/mol. The van der Waals surface area contributed by atoms with Crippen molar-refractivity contribution in [3.63, 3.8) is 0 Å². The Hall–Kier alpha value is -6.92. The van der Waals surface area contributed by atoms with E-state index >= 15 is 0 Å². The fourth-order valence-electron chi connectivity index (χ4n) is 7.23. The summed E-state index contributed by atoms with van der Waals surface area (Å²) in [6.07, 6.45) is 5.53. The standard InChI is InChI=1S/C44H28N6/c1-3-20-41-34(15-1)36-17-9-23-46-43(36)49(41)32-13-7-11-29(25-32)31-27-39(48-40(28-31)38-19-5-6-22-45-38)30-12-8-14-33(26-30)50-42-21-4-2-16-35(42)37-18-10-24-47-44(37)50/h1-28H. The lowest BCUT2D eigenvalue weighted by Gasteiger charge is -2.13. The number of aromatic nitrogens is 6. The third-order valence-corrected chi connectivity index (χ3v) is 9.46. The molecule has 0 bridgehead atoms. The van der Waals surface area contributed by atoms with Gasteiger partial charge >= 0.3 is 0 Å². The van der Waals surface area contributed by atoms with E-state index in [0.717, 1.165) is 78.2 Å². The van der Waals surface area contributed by atoms with E-state index < -0.39 is 0 Å². The molecule has 0 N–H and O–H groups in total. The van der Waals surface area contributed by atoms with Gasteiger partial charge in [0.1, 0.15) is 11.3 Å². The molecule has 4 aromatic carbocycles. The molecule has 0 unspecified atom stereocenters. The van der Waals surface area contributed by atoms with Crippen LogP contribution < -0.4 is 0 Å². The first kappa shape index (κ1) is 28.1. The molecule has 6 heterocycles. The molecule has 6 nitrogen and oxygen atoms in total. The maximum atomic E-state index is 5.20. The molecule has 6 aromatic heterocycles. The zero-order chi connectivity index (χ0) is 33.0. The first-order chi connectivity index (χ1) is 24.8. The monoisotopic (exact) mass is 640 g/mol. The molecule has 0 atom stereocenters. The van der Waals surface area contributed by atoms with E-state index in [0.29, 0.717) is 0 Å². The van der Waals surface area contributed by atoms with Gasteiger partial charge in [0, 0.05) is 57.1 Å². The smallest absolute Gasteiger partial charge is 0.145 e. The van der Waals surface area contributed by atoms with E-state index in [4.69, 9.17) is 15.0 Å². The Morgan fingerprint density at radius 2 is 0.880 bits per heavy atom. The van der Waals surface area contributed by atoms with Crippen LogP contribution in [0.4, 0.5) is 0 Å². The number of rotatable bonds is 5. The topological polar surface area (TPSA) is 61.4 Å². The third-order valence-electron chi connectivity index (χ3n) is 9.46. The van der Waals surface area contributed by atoms with Crippen LogP contribution in [0.15, 0.2) is 170 Å². The molecule has 0 fully saturated rings. The van der Waals surface area contributed by atoms with Gasteiger partial charge in [-0.15, -0.1) is 0 Å². The van der Waals surface area contributed by atoms with Crippen LogP contribution in [0.25, 0.3) is 89.0 Å². The third kappa shape index (κ3) is 4.50. The molecule has 0 aliphatic rings. The van der Waals surface area contributed by atoms with Gasteiger partial charge in [-0.2, -0.15) is 0 Å². The summed E-state index contributed by atoms with van der Waals surface area (Å²) >= 11 is 0. The van der Waals surface area contributed by atoms with Crippen molar-refractivity contribution in [1.82, 2.24) is 29.1 Å². The van der Waals surface area contributed by atoms with Gasteiger partial charge in [0.15, 0.2) is 0 Å². The molecule has 50 heavy (non-hydrogen) atoms. The molecule has 0 aliphatic heterocycles. The molecule has 234 valence electrons. The van der Waals surface area contributed by atoms with Crippen LogP contribution in [0.1, 0.15) is 0 Å². The lowest BCUT2D eigenvalue weighted by Crippen LogP contribution is -1.98. The number of hydrogen-bond donors (Lipinski definition) is 0. The predicted molar refractivity (Wildman–Crippen MR) is 203 cm³/mol. The molecule has 0 amide bonds. The van der Waals surface area contributed by atoms with E-state index in [-0.39, 0.29) is 0 Å². The van der Waals surface area contributed by atoms with Crippen LogP contribution in [0.2, 0.25) is 0 Å². The Labute approximate surface area is 287 Å². The Kier molecular flexibility index (Phi) is 6.39. The molecular weight excluding hydrogens is 613 g/mol. The van der Waals surface area contributed by atoms with Gasteiger partial charge in [0.05, 0.1) is 28.1 Å². The van der Waals surface area contributed by atoms with Gasteiger partial charge in [-0.1, -0.05) is 66.7 Å². The van der Waals surface area contributed by atoms with Gasteiger partial charge in [-0.05, 0) is 96.1 Å². The van der Waals surface area contributed by atoms with Gasteiger partial charge < -0.3 is 0 Å². The largest absolute Gasteiger partial charge is 0.294 e. The molecule has 10 aromatic rings. The van der Waals surface area contributed by atoms with Crippen LogP contribution in [0, 0.1) is 0 Å². The van der Waals surface area contributed by atoms with Crippen molar-refractivity contribution in [2.75, 3.05) is 0 Å². The summed E-state index contributed by atoms with van der Waals surface area (Å²) in [5, 5.41) is 4.62. The minimum absolute atomic E-state index is 0.811. The van der Waals surface area contributed by atoms with Crippen LogP contribution >= 0.6 is 0 Å². The Bertz CT molecular complexity index is 2600. The highest BCUT2D eigenvalue weighted by atomic mass is 15.1. The molecule has 0 radical (unpaired) electrons. The van der Waals surface area contributed by atoms with Crippen LogP contribution in [0.3, 0.4) is 0 Å². The summed E-state index contributed by atoms with van der Waals surface area (Å²) in [5.74, 6) is 0. The average Bonchev–Trinajstić information content (AvgIpc) is 3.71. The first-order valence-corrected chi connectivity index (χ1v) is 16.6. The first-order valence-electron chi connectivity index (χ1n) is 16.6. The van der Waals surface area contributed by atoms with Crippen LogP contribution in [-0.4, -0.2) is 29.1 Å². The minimum atomic E-state index is 0.811. The van der Waals surface area contributed by atoms with E-state index in [2.05, 4.69) is 135 Å². The molecule has 0 spiro atoms. The highest BCUT2D eigenvalue weighted by Crippen LogP contribution is 2.36. The number of fused-ring (bicyclic) bond motifs is 6. The second kappa shape index (κ2) is 11.4. The summed E-state index contributed by atoms with van der Waals surface area (Å²) in [6.45, 7) is 0. The molecule has 0 saturated heterocycles. The van der Waals surface area contributed by atoms with Crippen molar-refractivity contribution < 1.29 is 0 Å². The number of hydrogen-bond acceptors (Lipinski definition) is 4. The maximum absolute atomic E-state index is 5.20. The summed E-state index contributed by atoms with van der Waals surface area (Å²) in [5.41, 5.74) is 11.8. The molecule has 0 saturated carbocycles. The fourth-order valence-corrected chi connectivity index (χ4v) is 7.23. The predicted octanol–water partition coefficient (Wildman–Crippen LogP) is 10.5. The number of para-hydroxylation sites is 2. The van der Waals surface area contributed by atoms with Crippen molar-refractivity contribution in [1.29, 1.82) is 0 Å². The van der Waals surface area contributed by atoms with Crippen molar-refractivity contribution in [3.05, 3.63) is 170 Å². The summed E-state index contributed by atoms with van der Waals surface area (Å²) in [4.78, 5) is 19.5. The number of nitrogens with zero attached hydrogens (tertiary/aromatic N) is 6. The second-order valence-electron chi connectivity index (χ2n) is 12.4. The van der Waals surface area contributed by atoms with Crippen LogP contribution in [-0.2, 0) is 0 Å². The Balaban J connectivity index is 1.15. The van der Waals surface area contributed by atoms with E-state index in [1.807, 2.05) is 48.9 Å². The lowest BCUT2D eigenvalue weighted by atomic mass is 10.0. The Morgan fingerprint density at radius 1 is 0.340 bits per heavy atom. The summed E-state index contributed by atoms with van der Waals surface area (Å²) in [6, 6.07) is 52.7. The van der Waals surface area contributed by atoms with E-state index in [9.17, 15) is 0 Å². The van der Waals surface area contributed by atoms with Crippen molar-refractivity contribution in [2.45, 2.75) is 0 Å². The zero-order valence-electron chi connectivity index (χ0n) is 26.8. The molecule has 6 heteroatoms.